The molecule has 0 bridgehead atoms. The average molecular weight is 192 g/mol. The van der Waals surface area contributed by atoms with Gasteiger partial charge in [-0.05, 0) is 20.0 Å². The molecule has 0 unspecified atom stereocenters. The van der Waals surface area contributed by atoms with E-state index in [0.717, 1.165) is 23.6 Å². The van der Waals surface area contributed by atoms with E-state index in [-0.39, 0.29) is 0 Å². The fraction of sp³-hybridized carbons (Fsp3) is 0.455. The van der Waals surface area contributed by atoms with Crippen LogP contribution in [-0.2, 0) is 13.1 Å². The first-order valence-electron chi connectivity index (χ1n) is 4.57. The van der Waals surface area contributed by atoms with Gasteiger partial charge in [0.1, 0.15) is 11.5 Å². The fourth-order valence-corrected chi connectivity index (χ4v) is 1.35. The van der Waals surface area contributed by atoms with Gasteiger partial charge in [-0.3, -0.25) is 4.90 Å². The zero-order chi connectivity index (χ0) is 10.6. The second-order valence-electron chi connectivity index (χ2n) is 3.37. The van der Waals surface area contributed by atoms with Crippen molar-refractivity contribution >= 4 is 0 Å². The summed E-state index contributed by atoms with van der Waals surface area (Å²) in [6.07, 6.45) is 5.22. The van der Waals surface area contributed by atoms with Crippen LogP contribution in [0.2, 0.25) is 0 Å². The van der Waals surface area contributed by atoms with Crippen LogP contribution < -0.4 is 5.73 Å². The summed E-state index contributed by atoms with van der Waals surface area (Å²) >= 11 is 0. The molecule has 76 valence electrons. The molecule has 3 heteroatoms. The van der Waals surface area contributed by atoms with E-state index in [4.69, 9.17) is 16.6 Å². The Morgan fingerprint density at radius 2 is 2.36 bits per heavy atom. The molecule has 0 fully saturated rings. The number of hydrogen-bond acceptors (Lipinski definition) is 3. The van der Waals surface area contributed by atoms with E-state index in [2.05, 4.69) is 10.8 Å². The van der Waals surface area contributed by atoms with Crippen molar-refractivity contribution in [1.29, 1.82) is 0 Å². The largest absolute Gasteiger partial charge is 0.465 e. The molecule has 3 nitrogen and oxygen atoms in total. The van der Waals surface area contributed by atoms with Crippen molar-refractivity contribution in [2.45, 2.75) is 20.0 Å². The normalized spacial score (nSPS) is 10.5. The molecule has 1 rings (SSSR count). The van der Waals surface area contributed by atoms with Crippen molar-refractivity contribution in [2.75, 3.05) is 13.6 Å². The summed E-state index contributed by atoms with van der Waals surface area (Å²) in [6.45, 7) is 3.83. The monoisotopic (exact) mass is 192 g/mol. The van der Waals surface area contributed by atoms with Crippen molar-refractivity contribution in [3.8, 4) is 12.3 Å². The Balaban J connectivity index is 2.67. The van der Waals surface area contributed by atoms with Crippen LogP contribution in [0.15, 0.2) is 10.5 Å². The molecule has 0 aliphatic rings. The molecule has 0 aromatic carbocycles. The zero-order valence-electron chi connectivity index (χ0n) is 8.71. The molecule has 1 heterocycles. The van der Waals surface area contributed by atoms with Crippen LogP contribution in [0, 0.1) is 19.3 Å². The summed E-state index contributed by atoms with van der Waals surface area (Å²) in [6, 6.07) is 1.99. The maximum absolute atomic E-state index is 5.48. The average Bonchev–Trinajstić information content (AvgIpc) is 2.48. The van der Waals surface area contributed by atoms with Crippen LogP contribution in [0.5, 0.6) is 0 Å². The highest BCUT2D eigenvalue weighted by Gasteiger charge is 2.07. The molecule has 0 radical (unpaired) electrons. The Morgan fingerprint density at radius 1 is 1.64 bits per heavy atom. The van der Waals surface area contributed by atoms with E-state index >= 15 is 0 Å². The van der Waals surface area contributed by atoms with Crippen molar-refractivity contribution in [1.82, 2.24) is 4.90 Å². The molecular weight excluding hydrogens is 176 g/mol. The van der Waals surface area contributed by atoms with Gasteiger partial charge in [-0.25, -0.2) is 0 Å². The third-order valence-corrected chi connectivity index (χ3v) is 2.07. The van der Waals surface area contributed by atoms with Gasteiger partial charge in [-0.1, -0.05) is 5.92 Å². The summed E-state index contributed by atoms with van der Waals surface area (Å²) in [5, 5.41) is 0. The molecule has 14 heavy (non-hydrogen) atoms. The topological polar surface area (TPSA) is 42.4 Å². The molecule has 0 saturated carbocycles. The highest BCUT2D eigenvalue weighted by molar-refractivity contribution is 5.20. The Bertz CT molecular complexity index is 336. The lowest BCUT2D eigenvalue weighted by atomic mass is 10.2. The standard InChI is InChI=1S/C11H16N2O/c1-4-5-13(3)8-10-6-11(7-12)14-9(10)2/h1,6H,5,7-8,12H2,2-3H3. The van der Waals surface area contributed by atoms with Crippen molar-refractivity contribution < 1.29 is 4.42 Å². The minimum Gasteiger partial charge on any atom is -0.465 e. The minimum absolute atomic E-state index is 0.444. The smallest absolute Gasteiger partial charge is 0.118 e. The highest BCUT2D eigenvalue weighted by atomic mass is 16.3. The Morgan fingerprint density at radius 3 is 2.86 bits per heavy atom. The Labute approximate surface area is 84.9 Å². The molecular formula is C11H16N2O. The van der Waals surface area contributed by atoms with E-state index in [1.807, 2.05) is 20.0 Å². The fourth-order valence-electron chi connectivity index (χ4n) is 1.35. The molecule has 0 aliphatic carbocycles. The molecule has 0 amide bonds. The lowest BCUT2D eigenvalue weighted by Crippen LogP contribution is -2.17. The van der Waals surface area contributed by atoms with Crippen LogP contribution in [-0.4, -0.2) is 18.5 Å². The second kappa shape index (κ2) is 4.85. The predicted molar refractivity (Wildman–Crippen MR) is 56.5 cm³/mol. The first-order chi connectivity index (χ1) is 6.67. The number of nitrogens with zero attached hydrogens (tertiary/aromatic N) is 1. The van der Waals surface area contributed by atoms with E-state index in [1.165, 1.54) is 0 Å². The zero-order valence-corrected chi connectivity index (χ0v) is 8.71. The van der Waals surface area contributed by atoms with Crippen LogP contribution in [0.4, 0.5) is 0 Å². The summed E-state index contributed by atoms with van der Waals surface area (Å²) < 4.78 is 5.44. The number of hydrogen-bond donors (Lipinski definition) is 1. The maximum atomic E-state index is 5.48. The van der Waals surface area contributed by atoms with Gasteiger partial charge in [-0.15, -0.1) is 6.42 Å². The van der Waals surface area contributed by atoms with Gasteiger partial charge < -0.3 is 10.2 Å². The summed E-state index contributed by atoms with van der Waals surface area (Å²) in [5.41, 5.74) is 6.64. The van der Waals surface area contributed by atoms with E-state index in [0.29, 0.717) is 13.1 Å². The van der Waals surface area contributed by atoms with Crippen molar-refractivity contribution in [3.05, 3.63) is 23.2 Å². The number of aryl methyl sites for hydroxylation is 1. The van der Waals surface area contributed by atoms with Gasteiger partial charge in [0, 0.05) is 12.1 Å². The number of furan rings is 1. The maximum Gasteiger partial charge on any atom is 0.118 e. The predicted octanol–water partition coefficient (Wildman–Crippen LogP) is 1.11. The van der Waals surface area contributed by atoms with Gasteiger partial charge in [0.25, 0.3) is 0 Å². The summed E-state index contributed by atoms with van der Waals surface area (Å²) in [7, 11) is 1.98. The molecule has 0 saturated heterocycles. The Hall–Kier alpha value is -1.24. The molecule has 1 aromatic rings. The first-order valence-corrected chi connectivity index (χ1v) is 4.57. The third-order valence-electron chi connectivity index (χ3n) is 2.07. The lowest BCUT2D eigenvalue weighted by Gasteiger charge is -2.11. The van der Waals surface area contributed by atoms with E-state index in [9.17, 15) is 0 Å². The Kier molecular flexibility index (Phi) is 3.75. The quantitative estimate of drug-likeness (QED) is 0.727. The van der Waals surface area contributed by atoms with Gasteiger partial charge in [-0.2, -0.15) is 0 Å². The molecule has 1 aromatic heterocycles. The van der Waals surface area contributed by atoms with Crippen molar-refractivity contribution in [3.63, 3.8) is 0 Å². The summed E-state index contributed by atoms with van der Waals surface area (Å²) in [5.74, 6) is 4.35. The molecule has 0 spiro atoms. The van der Waals surface area contributed by atoms with Gasteiger partial charge in [0.05, 0.1) is 13.1 Å². The van der Waals surface area contributed by atoms with Gasteiger partial charge in [0.15, 0.2) is 0 Å². The lowest BCUT2D eigenvalue weighted by molar-refractivity contribution is 0.364. The van der Waals surface area contributed by atoms with E-state index in [1.54, 1.807) is 0 Å². The van der Waals surface area contributed by atoms with E-state index < -0.39 is 0 Å². The number of terminal acetylenes is 1. The molecule has 0 aliphatic heterocycles. The van der Waals surface area contributed by atoms with Gasteiger partial charge >= 0.3 is 0 Å². The SMILES string of the molecule is C#CCN(C)Cc1cc(CN)oc1C. The van der Waals surface area contributed by atoms with Crippen LogP contribution in [0.1, 0.15) is 17.1 Å². The van der Waals surface area contributed by atoms with Crippen LogP contribution >= 0.6 is 0 Å². The van der Waals surface area contributed by atoms with Crippen LogP contribution in [0.25, 0.3) is 0 Å². The number of rotatable bonds is 4. The number of nitrogens with two attached hydrogens (primary N) is 1. The van der Waals surface area contributed by atoms with Gasteiger partial charge in [0.2, 0.25) is 0 Å². The van der Waals surface area contributed by atoms with Crippen LogP contribution in [0.3, 0.4) is 0 Å². The molecule has 2 N–H and O–H groups in total. The first kappa shape index (κ1) is 10.8. The second-order valence-corrected chi connectivity index (χ2v) is 3.37. The van der Waals surface area contributed by atoms with Crippen molar-refractivity contribution in [2.24, 2.45) is 5.73 Å². The third kappa shape index (κ3) is 2.63. The highest BCUT2D eigenvalue weighted by Crippen LogP contribution is 2.15. The molecule has 0 atom stereocenters. The minimum atomic E-state index is 0.444. The summed E-state index contributed by atoms with van der Waals surface area (Å²) in [4.78, 5) is 2.05.